The fourth-order valence-corrected chi connectivity index (χ4v) is 5.02. The number of anilines is 1. The molecule has 0 fully saturated rings. The molecule has 2 aliphatic heterocycles. The molecule has 156 valence electrons. The third-order valence-corrected chi connectivity index (χ3v) is 6.95. The summed E-state index contributed by atoms with van der Waals surface area (Å²) in [4.78, 5) is 0. The van der Waals surface area contributed by atoms with E-state index in [0.717, 1.165) is 52.2 Å². The van der Waals surface area contributed by atoms with Crippen molar-refractivity contribution in [3.05, 3.63) is 58.3 Å². The molecule has 0 bridgehead atoms. The highest BCUT2D eigenvalue weighted by Crippen LogP contribution is 2.52. The van der Waals surface area contributed by atoms with E-state index < -0.39 is 0 Å². The summed E-state index contributed by atoms with van der Waals surface area (Å²) in [6.07, 6.45) is 3.11. The van der Waals surface area contributed by atoms with Gasteiger partial charge in [0.2, 0.25) is 0 Å². The van der Waals surface area contributed by atoms with Crippen LogP contribution in [0.15, 0.2) is 30.5 Å². The number of aromatic hydroxyl groups is 1. The van der Waals surface area contributed by atoms with Gasteiger partial charge in [0.05, 0.1) is 12.2 Å². The van der Waals surface area contributed by atoms with E-state index in [1.807, 2.05) is 31.6 Å². The van der Waals surface area contributed by atoms with Gasteiger partial charge in [-0.2, -0.15) is 5.10 Å². The van der Waals surface area contributed by atoms with Crippen LogP contribution in [-0.4, -0.2) is 27.0 Å². The molecule has 5 heteroatoms. The van der Waals surface area contributed by atoms with E-state index >= 15 is 0 Å². The minimum atomic E-state index is -0.375. The minimum Gasteiger partial charge on any atom is -0.507 e. The number of aromatic nitrogens is 2. The molecule has 0 amide bonds. The van der Waals surface area contributed by atoms with Gasteiger partial charge in [0, 0.05) is 35.5 Å². The lowest BCUT2D eigenvalue weighted by atomic mass is 9.83. The van der Waals surface area contributed by atoms with Crippen molar-refractivity contribution >= 4 is 5.69 Å². The number of nitrogens with zero attached hydrogens (tertiary/aromatic N) is 2. The van der Waals surface area contributed by atoms with Crippen LogP contribution < -0.4 is 10.1 Å². The summed E-state index contributed by atoms with van der Waals surface area (Å²) in [5.41, 5.74) is 8.29. The van der Waals surface area contributed by atoms with Crippen molar-refractivity contribution in [2.75, 3.05) is 11.9 Å². The Morgan fingerprint density at radius 2 is 1.97 bits per heavy atom. The van der Waals surface area contributed by atoms with Crippen LogP contribution in [0.4, 0.5) is 5.69 Å². The van der Waals surface area contributed by atoms with E-state index in [1.165, 1.54) is 11.3 Å². The maximum atomic E-state index is 10.7. The highest BCUT2D eigenvalue weighted by Gasteiger charge is 2.44. The van der Waals surface area contributed by atoms with Gasteiger partial charge >= 0.3 is 0 Å². The molecule has 0 saturated heterocycles. The number of benzene rings is 2. The minimum absolute atomic E-state index is 0.102. The summed E-state index contributed by atoms with van der Waals surface area (Å²) in [6, 6.07) is 8.52. The summed E-state index contributed by atoms with van der Waals surface area (Å²) in [5.74, 6) is 1.41. The van der Waals surface area contributed by atoms with Crippen LogP contribution in [0.5, 0.6) is 11.5 Å². The summed E-state index contributed by atoms with van der Waals surface area (Å²) < 4.78 is 8.43. The van der Waals surface area contributed by atoms with Gasteiger partial charge in [-0.3, -0.25) is 4.68 Å². The first-order valence-corrected chi connectivity index (χ1v) is 10.7. The smallest absolute Gasteiger partial charge is 0.127 e. The predicted molar refractivity (Wildman–Crippen MR) is 120 cm³/mol. The quantitative estimate of drug-likeness (QED) is 0.638. The molecule has 0 spiro atoms. The molecule has 0 radical (unpaired) electrons. The molecule has 2 N–H and O–H groups in total. The second-order valence-electron chi connectivity index (χ2n) is 9.16. The zero-order chi connectivity index (χ0) is 21.2. The highest BCUT2D eigenvalue weighted by atomic mass is 16.5. The normalized spacial score (nSPS) is 18.6. The summed E-state index contributed by atoms with van der Waals surface area (Å²) in [7, 11) is 0. The maximum Gasteiger partial charge on any atom is 0.127 e. The van der Waals surface area contributed by atoms with E-state index in [4.69, 9.17) is 9.84 Å². The second-order valence-corrected chi connectivity index (χ2v) is 9.16. The van der Waals surface area contributed by atoms with Gasteiger partial charge in [-0.05, 0) is 69.4 Å². The maximum absolute atomic E-state index is 10.7. The van der Waals surface area contributed by atoms with E-state index in [2.05, 4.69) is 43.4 Å². The fraction of sp³-hybridized carbons (Fsp3) is 0.400. The van der Waals surface area contributed by atoms with Gasteiger partial charge in [0.1, 0.15) is 17.1 Å². The Hall–Kier alpha value is -2.95. The van der Waals surface area contributed by atoms with E-state index in [1.54, 1.807) is 0 Å². The van der Waals surface area contributed by atoms with Gasteiger partial charge < -0.3 is 15.2 Å². The molecule has 0 unspecified atom stereocenters. The van der Waals surface area contributed by atoms with Crippen molar-refractivity contribution in [1.82, 2.24) is 9.78 Å². The van der Waals surface area contributed by atoms with Gasteiger partial charge in [0.25, 0.3) is 0 Å². The first kappa shape index (κ1) is 19.0. The average Bonchev–Trinajstić information content (AvgIpc) is 3.43. The molecule has 1 aromatic heterocycles. The molecular weight excluding hydrogens is 374 g/mol. The predicted octanol–water partition coefficient (Wildman–Crippen LogP) is 5.10. The Bertz CT molecular complexity index is 1160. The van der Waals surface area contributed by atoms with Crippen LogP contribution in [0.1, 0.15) is 47.6 Å². The number of hydrogen-bond donors (Lipinski definition) is 2. The van der Waals surface area contributed by atoms with E-state index in [0.29, 0.717) is 12.3 Å². The van der Waals surface area contributed by atoms with Crippen LogP contribution in [-0.2, 0) is 13.0 Å². The molecule has 30 heavy (non-hydrogen) atoms. The Morgan fingerprint density at radius 1 is 1.17 bits per heavy atom. The molecule has 3 heterocycles. The van der Waals surface area contributed by atoms with Crippen LogP contribution in [0.25, 0.3) is 11.3 Å². The van der Waals surface area contributed by atoms with E-state index in [9.17, 15) is 5.11 Å². The Labute approximate surface area is 177 Å². The molecular formula is C25H29N3O2. The largest absolute Gasteiger partial charge is 0.507 e. The lowest BCUT2D eigenvalue weighted by molar-refractivity contribution is 0.101. The Balaban J connectivity index is 1.52. The van der Waals surface area contributed by atoms with Crippen molar-refractivity contribution in [2.24, 2.45) is 0 Å². The summed E-state index contributed by atoms with van der Waals surface area (Å²) in [6.45, 7) is 11.9. The first-order valence-electron chi connectivity index (χ1n) is 10.7. The second kappa shape index (κ2) is 6.53. The number of nitrogens with one attached hydrogen (secondary N) is 1. The van der Waals surface area contributed by atoms with Crippen molar-refractivity contribution in [1.29, 1.82) is 0 Å². The van der Waals surface area contributed by atoms with Crippen LogP contribution in [0, 0.1) is 20.8 Å². The summed E-state index contributed by atoms with van der Waals surface area (Å²) in [5, 5.41) is 19.1. The molecule has 0 aliphatic carbocycles. The molecule has 5 rings (SSSR count). The number of hydrogen-bond acceptors (Lipinski definition) is 4. The monoisotopic (exact) mass is 403 g/mol. The van der Waals surface area contributed by atoms with Gasteiger partial charge in [-0.1, -0.05) is 18.2 Å². The average molecular weight is 404 g/mol. The first-order chi connectivity index (χ1) is 14.3. The van der Waals surface area contributed by atoms with Crippen molar-refractivity contribution in [3.63, 3.8) is 0 Å². The van der Waals surface area contributed by atoms with Gasteiger partial charge in [0.15, 0.2) is 0 Å². The third-order valence-electron chi connectivity index (χ3n) is 6.95. The fourth-order valence-electron chi connectivity index (χ4n) is 5.02. The number of para-hydroxylation sites is 1. The Morgan fingerprint density at radius 3 is 2.77 bits per heavy atom. The number of rotatable bonds is 3. The molecule has 3 aromatic rings. The topological polar surface area (TPSA) is 59.3 Å². The van der Waals surface area contributed by atoms with Crippen LogP contribution in [0.3, 0.4) is 0 Å². The highest BCUT2D eigenvalue weighted by molar-refractivity contribution is 5.79. The lowest BCUT2D eigenvalue weighted by Gasteiger charge is -2.26. The van der Waals surface area contributed by atoms with Crippen molar-refractivity contribution in [2.45, 2.75) is 59.1 Å². The molecule has 2 aliphatic rings. The lowest BCUT2D eigenvalue weighted by Crippen LogP contribution is -2.33. The standard InChI is InChI=1S/C25H29N3O2/c1-14-15(2)24-21(16(3)23(14)29)19(25(4,5)30-24)13-28-12-10-20(27-28)18-8-6-7-17-9-11-26-22(17)18/h6-8,10,12,19,26,29H,9,11,13H2,1-5H3/t19-/m1/s1. The molecule has 2 aromatic carbocycles. The van der Waals surface area contributed by atoms with Gasteiger partial charge in [-0.25, -0.2) is 0 Å². The Kier molecular flexibility index (Phi) is 4.14. The van der Waals surface area contributed by atoms with Crippen molar-refractivity contribution < 1.29 is 9.84 Å². The number of fused-ring (bicyclic) bond motifs is 2. The zero-order valence-electron chi connectivity index (χ0n) is 18.3. The van der Waals surface area contributed by atoms with Gasteiger partial charge in [-0.15, -0.1) is 0 Å². The SMILES string of the molecule is Cc1c(C)c2c(c(C)c1O)[C@@H](Cn1ccc(-c3cccc4c3NCC4)n1)C(C)(C)O2. The van der Waals surface area contributed by atoms with E-state index in [-0.39, 0.29) is 11.5 Å². The third kappa shape index (κ3) is 2.72. The summed E-state index contributed by atoms with van der Waals surface area (Å²) >= 11 is 0. The van der Waals surface area contributed by atoms with Crippen LogP contribution >= 0.6 is 0 Å². The number of ether oxygens (including phenoxy) is 1. The van der Waals surface area contributed by atoms with Crippen molar-refractivity contribution in [3.8, 4) is 22.8 Å². The molecule has 5 nitrogen and oxygen atoms in total. The number of phenols is 1. The molecule has 1 atom stereocenters. The molecule has 0 saturated carbocycles. The zero-order valence-corrected chi connectivity index (χ0v) is 18.3. The number of phenolic OH excluding ortho intramolecular Hbond substituents is 1. The van der Waals surface area contributed by atoms with Crippen LogP contribution in [0.2, 0.25) is 0 Å².